The van der Waals surface area contributed by atoms with Crippen LogP contribution in [0.25, 0.3) is 0 Å². The number of nitrogens with one attached hydrogen (secondary N) is 2. The van der Waals surface area contributed by atoms with E-state index in [1.165, 1.54) is 48.1 Å². The summed E-state index contributed by atoms with van der Waals surface area (Å²) >= 11 is 0. The summed E-state index contributed by atoms with van der Waals surface area (Å²) in [5.74, 6) is 1.47. The smallest absolute Gasteiger partial charge is 0.278 e. The molecule has 4 N–H and O–H groups in total. The molecule has 3 rings (SSSR count). The minimum Gasteiger partial charge on any atom is -0.354 e. The molecule has 1 aliphatic heterocycles. The summed E-state index contributed by atoms with van der Waals surface area (Å²) in [4.78, 5) is 27.6. The Morgan fingerprint density at radius 3 is 2.32 bits per heavy atom. The molecule has 0 radical (unpaired) electrons. The van der Waals surface area contributed by atoms with Gasteiger partial charge in [0.25, 0.3) is 11.8 Å². The number of quaternary nitrogens is 2. The molecule has 1 aromatic rings. The van der Waals surface area contributed by atoms with Crippen LogP contribution in [0.3, 0.4) is 0 Å². The lowest BCUT2D eigenvalue weighted by Gasteiger charge is -2.32. The predicted octanol–water partition coefficient (Wildman–Crippen LogP) is 0.468. The van der Waals surface area contributed by atoms with Gasteiger partial charge in [-0.1, -0.05) is 57.4 Å². The number of carbonyl (C=O) groups is 2. The fourth-order valence-electron chi connectivity index (χ4n) is 5.14. The third-order valence-corrected chi connectivity index (χ3v) is 7.18. The average molecular weight is 431 g/mol. The molecule has 1 saturated heterocycles. The molecule has 31 heavy (non-hydrogen) atoms. The zero-order chi connectivity index (χ0) is 22.2. The van der Waals surface area contributed by atoms with Gasteiger partial charge in [-0.25, -0.2) is 0 Å². The Hall–Kier alpha value is -1.92. The maximum atomic E-state index is 12.8. The van der Waals surface area contributed by atoms with Crippen LogP contribution in [-0.2, 0) is 9.59 Å². The molecule has 0 aromatic heterocycles. The Kier molecular flexibility index (Phi) is 8.90. The van der Waals surface area contributed by atoms with Crippen LogP contribution < -0.4 is 15.5 Å². The van der Waals surface area contributed by atoms with E-state index in [1.807, 2.05) is 4.90 Å². The highest BCUT2D eigenvalue weighted by atomic mass is 16.2. The number of carbonyl (C=O) groups excluding carboxylic acids is 2. The summed E-state index contributed by atoms with van der Waals surface area (Å²) in [5, 5.41) is 4.90. The number of hydrogen-bond donors (Lipinski definition) is 3. The van der Waals surface area contributed by atoms with Gasteiger partial charge in [-0.2, -0.15) is 0 Å². The Morgan fingerprint density at radius 1 is 1.10 bits per heavy atom. The molecule has 1 atom stereocenters. The van der Waals surface area contributed by atoms with Gasteiger partial charge in [0.2, 0.25) is 0 Å². The third kappa shape index (κ3) is 6.78. The fourth-order valence-corrected chi connectivity index (χ4v) is 5.14. The van der Waals surface area contributed by atoms with Crippen LogP contribution in [0.2, 0.25) is 0 Å². The van der Waals surface area contributed by atoms with Crippen molar-refractivity contribution in [2.24, 2.45) is 5.92 Å². The summed E-state index contributed by atoms with van der Waals surface area (Å²) in [6.07, 6.45) is 6.76. The number of nitrogens with zero attached hydrogens (tertiary/aromatic N) is 1. The number of piperazine rings is 1. The van der Waals surface area contributed by atoms with Crippen LogP contribution in [0.15, 0.2) is 24.3 Å². The zero-order valence-electron chi connectivity index (χ0n) is 19.7. The van der Waals surface area contributed by atoms with Crippen molar-refractivity contribution in [1.82, 2.24) is 10.2 Å². The van der Waals surface area contributed by atoms with Crippen molar-refractivity contribution in [3.63, 3.8) is 0 Å². The molecular formula is C25H42N4O2+2. The van der Waals surface area contributed by atoms with Crippen molar-refractivity contribution < 1.29 is 19.8 Å². The Bertz CT molecular complexity index is 705. The van der Waals surface area contributed by atoms with E-state index in [-0.39, 0.29) is 11.8 Å². The van der Waals surface area contributed by atoms with Crippen molar-refractivity contribution in [3.8, 4) is 0 Å². The molecule has 0 unspecified atom stereocenters. The largest absolute Gasteiger partial charge is 0.354 e. The van der Waals surface area contributed by atoms with E-state index >= 15 is 0 Å². The van der Waals surface area contributed by atoms with E-state index in [4.69, 9.17) is 0 Å². The van der Waals surface area contributed by atoms with Crippen molar-refractivity contribution >= 4 is 11.8 Å². The summed E-state index contributed by atoms with van der Waals surface area (Å²) < 4.78 is 0. The number of rotatable bonds is 8. The predicted molar refractivity (Wildman–Crippen MR) is 123 cm³/mol. The lowest BCUT2D eigenvalue weighted by molar-refractivity contribution is -0.896. The molecule has 172 valence electrons. The standard InChI is InChI=1S/C25H40N4O2/c1-19(2)25(22-11-9-21(10-12-22)20-7-5-4-6-8-20)27-17-24(31)29-15-13-28(14-16-29)18-23(30)26-3/h9-12,19-20,25,27H,4-8,13-18H2,1-3H3,(H,26,30)/p+2/t25-/m0/s1. The molecule has 6 nitrogen and oxygen atoms in total. The van der Waals surface area contributed by atoms with Crippen molar-refractivity contribution in [1.29, 1.82) is 0 Å². The molecule has 1 heterocycles. The van der Waals surface area contributed by atoms with Gasteiger partial charge in [-0.15, -0.1) is 0 Å². The highest BCUT2D eigenvalue weighted by Crippen LogP contribution is 2.33. The Labute approximate surface area is 187 Å². The van der Waals surface area contributed by atoms with E-state index in [0.29, 0.717) is 25.0 Å². The van der Waals surface area contributed by atoms with Crippen LogP contribution in [0.1, 0.15) is 69.0 Å². The van der Waals surface area contributed by atoms with Gasteiger partial charge < -0.3 is 20.4 Å². The minimum absolute atomic E-state index is 0.0670. The molecule has 1 saturated carbocycles. The first kappa shape index (κ1) is 23.7. The number of benzene rings is 1. The quantitative estimate of drug-likeness (QED) is 0.561. The molecule has 1 aliphatic carbocycles. The second kappa shape index (κ2) is 11.6. The fraction of sp³-hybridized carbons (Fsp3) is 0.680. The van der Waals surface area contributed by atoms with E-state index in [9.17, 15) is 9.59 Å². The molecule has 0 spiro atoms. The summed E-state index contributed by atoms with van der Waals surface area (Å²) in [5.41, 5.74) is 2.81. The molecule has 2 amide bonds. The molecule has 0 bridgehead atoms. The lowest BCUT2D eigenvalue weighted by Crippen LogP contribution is -3.16. The van der Waals surface area contributed by atoms with Crippen LogP contribution in [-0.4, -0.2) is 63.0 Å². The average Bonchev–Trinajstić information content (AvgIpc) is 2.80. The number of hydrogen-bond acceptors (Lipinski definition) is 2. The van der Waals surface area contributed by atoms with Crippen molar-refractivity contribution in [2.75, 3.05) is 46.3 Å². The highest BCUT2D eigenvalue weighted by Gasteiger charge is 2.27. The first-order valence-electron chi connectivity index (χ1n) is 12.2. The van der Waals surface area contributed by atoms with Crippen LogP contribution >= 0.6 is 0 Å². The SMILES string of the molecule is CNC(=O)C[NH+]1CCN(C(=O)C[NH2+][C@H](c2ccc(C3CCCCC3)cc2)C(C)C)CC1. The molecular weight excluding hydrogens is 388 g/mol. The van der Waals surface area contributed by atoms with E-state index in [2.05, 4.69) is 48.7 Å². The second-order valence-corrected chi connectivity index (χ2v) is 9.69. The van der Waals surface area contributed by atoms with E-state index in [1.54, 1.807) is 7.05 Å². The summed E-state index contributed by atoms with van der Waals surface area (Å²) in [6, 6.07) is 9.52. The van der Waals surface area contributed by atoms with Gasteiger partial charge in [0.1, 0.15) is 6.04 Å². The minimum atomic E-state index is 0.0670. The first-order chi connectivity index (χ1) is 15.0. The molecule has 6 heteroatoms. The lowest BCUT2D eigenvalue weighted by atomic mass is 9.83. The van der Waals surface area contributed by atoms with E-state index < -0.39 is 0 Å². The van der Waals surface area contributed by atoms with Gasteiger partial charge in [0.15, 0.2) is 13.1 Å². The summed E-state index contributed by atoms with van der Waals surface area (Å²) in [7, 11) is 1.67. The molecule has 2 fully saturated rings. The monoisotopic (exact) mass is 430 g/mol. The number of amides is 2. The first-order valence-corrected chi connectivity index (χ1v) is 12.2. The number of nitrogens with two attached hydrogens (primary N) is 1. The Balaban J connectivity index is 1.50. The number of likely N-dealkylation sites (N-methyl/N-ethyl adjacent to an activating group) is 1. The second-order valence-electron chi connectivity index (χ2n) is 9.69. The molecule has 2 aliphatic rings. The van der Waals surface area contributed by atoms with Gasteiger partial charge in [0, 0.05) is 18.5 Å². The van der Waals surface area contributed by atoms with Gasteiger partial charge >= 0.3 is 0 Å². The summed E-state index contributed by atoms with van der Waals surface area (Å²) in [6.45, 7) is 8.62. The highest BCUT2D eigenvalue weighted by molar-refractivity contribution is 5.77. The maximum absolute atomic E-state index is 12.8. The van der Waals surface area contributed by atoms with Gasteiger partial charge in [0.05, 0.1) is 26.2 Å². The van der Waals surface area contributed by atoms with Crippen LogP contribution in [0, 0.1) is 5.92 Å². The molecule has 1 aromatic carbocycles. The van der Waals surface area contributed by atoms with Crippen LogP contribution in [0.5, 0.6) is 0 Å². The van der Waals surface area contributed by atoms with Crippen molar-refractivity contribution in [3.05, 3.63) is 35.4 Å². The topological polar surface area (TPSA) is 70.5 Å². The van der Waals surface area contributed by atoms with E-state index in [0.717, 1.165) is 32.1 Å². The third-order valence-electron chi connectivity index (χ3n) is 7.18. The van der Waals surface area contributed by atoms with Crippen molar-refractivity contribution in [2.45, 2.75) is 57.9 Å². The van der Waals surface area contributed by atoms with Crippen LogP contribution in [0.4, 0.5) is 0 Å². The normalized spacial score (nSPS) is 19.4. The zero-order valence-corrected chi connectivity index (χ0v) is 19.7. The maximum Gasteiger partial charge on any atom is 0.278 e. The van der Waals surface area contributed by atoms with Gasteiger partial charge in [-0.05, 0) is 24.3 Å². The van der Waals surface area contributed by atoms with Gasteiger partial charge in [-0.3, -0.25) is 9.59 Å². The Morgan fingerprint density at radius 2 is 1.74 bits per heavy atom.